The molecule has 1 aliphatic heterocycles. The van der Waals surface area contributed by atoms with Gasteiger partial charge >= 0.3 is 0 Å². The van der Waals surface area contributed by atoms with Gasteiger partial charge in [0.05, 0.1) is 0 Å². The Morgan fingerprint density at radius 1 is 1.71 bits per heavy atom. The molecule has 0 saturated carbocycles. The second kappa shape index (κ2) is 1.93. The summed E-state index contributed by atoms with van der Waals surface area (Å²) >= 11 is 5.43. The molecule has 0 saturated heterocycles. The molecule has 4 heteroatoms. The predicted octanol–water partition coefficient (Wildman–Crippen LogP) is 1.04. The zero-order valence-corrected chi connectivity index (χ0v) is 4.26. The summed E-state index contributed by atoms with van der Waals surface area (Å²) in [6.45, 7) is 0. The average Bonchev–Trinajstić information content (AvgIpc) is 1.69. The first kappa shape index (κ1) is 4.59. The van der Waals surface area contributed by atoms with Crippen molar-refractivity contribution in [1.82, 2.24) is 5.43 Å². The Morgan fingerprint density at radius 2 is 2.57 bits per heavy atom. The zero-order chi connectivity index (χ0) is 5.11. The molecular formula is C3H4ClN3. The van der Waals surface area contributed by atoms with E-state index in [2.05, 4.69) is 15.8 Å². The normalized spacial score (nSPS) is 27.3. The molecular weight excluding hydrogens is 114 g/mol. The standard InChI is InChI=1S/C3H4ClN3/c4-3-1-2-5-7-6-3/h1-3H,(H,5,6). The van der Waals surface area contributed by atoms with Gasteiger partial charge in [0.15, 0.2) is 5.50 Å². The van der Waals surface area contributed by atoms with Crippen molar-refractivity contribution in [2.75, 3.05) is 0 Å². The summed E-state index contributed by atoms with van der Waals surface area (Å²) in [6.07, 6.45) is 3.35. The minimum absolute atomic E-state index is 0.277. The van der Waals surface area contributed by atoms with Crippen LogP contribution in [-0.4, -0.2) is 5.50 Å². The van der Waals surface area contributed by atoms with Crippen LogP contribution in [0.2, 0.25) is 0 Å². The number of nitrogens with one attached hydrogen (secondary N) is 1. The van der Waals surface area contributed by atoms with E-state index in [-0.39, 0.29) is 5.50 Å². The Hall–Kier alpha value is -0.570. The van der Waals surface area contributed by atoms with Gasteiger partial charge in [0.2, 0.25) is 0 Å². The van der Waals surface area contributed by atoms with Crippen LogP contribution in [0.3, 0.4) is 0 Å². The summed E-state index contributed by atoms with van der Waals surface area (Å²) in [5.74, 6) is 0. The molecule has 1 aliphatic rings. The molecule has 1 rings (SSSR count). The number of halogens is 1. The van der Waals surface area contributed by atoms with Gasteiger partial charge in [-0.25, -0.2) is 0 Å². The Labute approximate surface area is 46.0 Å². The highest BCUT2D eigenvalue weighted by atomic mass is 35.5. The summed E-state index contributed by atoms with van der Waals surface area (Å²) in [6, 6.07) is 0. The van der Waals surface area contributed by atoms with Crippen molar-refractivity contribution in [3.05, 3.63) is 12.3 Å². The molecule has 1 unspecified atom stereocenters. The molecule has 0 aromatic carbocycles. The van der Waals surface area contributed by atoms with E-state index < -0.39 is 0 Å². The molecule has 0 aromatic heterocycles. The van der Waals surface area contributed by atoms with E-state index >= 15 is 0 Å². The SMILES string of the molecule is ClC1C=CNN=N1. The third-order valence-electron chi connectivity index (χ3n) is 0.555. The first-order chi connectivity index (χ1) is 3.39. The van der Waals surface area contributed by atoms with Crippen LogP contribution in [0.1, 0.15) is 0 Å². The lowest BCUT2D eigenvalue weighted by atomic mass is 10.6. The minimum Gasteiger partial charge on any atom is -0.268 e. The van der Waals surface area contributed by atoms with E-state index in [4.69, 9.17) is 11.6 Å². The quantitative estimate of drug-likeness (QED) is 0.374. The minimum atomic E-state index is -0.277. The van der Waals surface area contributed by atoms with Crippen LogP contribution >= 0.6 is 11.6 Å². The first-order valence-corrected chi connectivity index (χ1v) is 2.29. The van der Waals surface area contributed by atoms with Crippen LogP contribution in [0.15, 0.2) is 22.6 Å². The van der Waals surface area contributed by atoms with Crippen LogP contribution in [0.4, 0.5) is 0 Å². The summed E-state index contributed by atoms with van der Waals surface area (Å²) in [5, 5.41) is 6.94. The van der Waals surface area contributed by atoms with Crippen LogP contribution in [-0.2, 0) is 0 Å². The smallest absolute Gasteiger partial charge is 0.166 e. The van der Waals surface area contributed by atoms with Crippen LogP contribution in [0, 0.1) is 0 Å². The third-order valence-corrected chi connectivity index (χ3v) is 0.788. The molecule has 0 radical (unpaired) electrons. The highest BCUT2D eigenvalue weighted by Gasteiger charge is 1.95. The van der Waals surface area contributed by atoms with Crippen LogP contribution in [0.5, 0.6) is 0 Å². The molecule has 38 valence electrons. The maximum atomic E-state index is 5.43. The first-order valence-electron chi connectivity index (χ1n) is 1.86. The topological polar surface area (TPSA) is 36.8 Å². The van der Waals surface area contributed by atoms with Crippen molar-refractivity contribution in [1.29, 1.82) is 0 Å². The fourth-order valence-corrected chi connectivity index (χ4v) is 0.399. The zero-order valence-electron chi connectivity index (χ0n) is 3.50. The summed E-state index contributed by atoms with van der Waals surface area (Å²) in [4.78, 5) is 0. The van der Waals surface area contributed by atoms with Crippen molar-refractivity contribution in [3.63, 3.8) is 0 Å². The van der Waals surface area contributed by atoms with E-state index in [0.29, 0.717) is 0 Å². The lowest BCUT2D eigenvalue weighted by Gasteiger charge is -1.97. The molecule has 0 amide bonds. The molecule has 1 N–H and O–H groups in total. The van der Waals surface area contributed by atoms with Gasteiger partial charge in [-0.3, -0.25) is 5.43 Å². The Bertz CT molecular complexity index is 96.7. The second-order valence-corrected chi connectivity index (χ2v) is 1.52. The number of nitrogens with zero attached hydrogens (tertiary/aromatic N) is 2. The maximum Gasteiger partial charge on any atom is 0.166 e. The van der Waals surface area contributed by atoms with Gasteiger partial charge in [-0.2, -0.15) is 0 Å². The molecule has 0 fully saturated rings. The average molecular weight is 118 g/mol. The van der Waals surface area contributed by atoms with Crippen LogP contribution < -0.4 is 5.43 Å². The molecule has 3 nitrogen and oxygen atoms in total. The number of hydrogen-bond donors (Lipinski definition) is 1. The van der Waals surface area contributed by atoms with Gasteiger partial charge < -0.3 is 0 Å². The number of rotatable bonds is 0. The number of hydrogen-bond acceptors (Lipinski definition) is 3. The molecule has 0 spiro atoms. The van der Waals surface area contributed by atoms with Crippen molar-refractivity contribution in [2.24, 2.45) is 10.3 Å². The van der Waals surface area contributed by atoms with Gasteiger partial charge in [-0.15, -0.1) is 5.11 Å². The van der Waals surface area contributed by atoms with E-state index in [9.17, 15) is 0 Å². The fraction of sp³-hybridized carbons (Fsp3) is 0.333. The second-order valence-electron chi connectivity index (χ2n) is 1.08. The Kier molecular flexibility index (Phi) is 1.26. The Balaban J connectivity index is 2.49. The molecule has 1 heterocycles. The molecule has 7 heavy (non-hydrogen) atoms. The third kappa shape index (κ3) is 1.16. The van der Waals surface area contributed by atoms with E-state index in [1.165, 1.54) is 0 Å². The molecule has 0 aliphatic carbocycles. The number of alkyl halides is 1. The van der Waals surface area contributed by atoms with Crippen molar-refractivity contribution in [3.8, 4) is 0 Å². The summed E-state index contributed by atoms with van der Waals surface area (Å²) < 4.78 is 0. The highest BCUT2D eigenvalue weighted by molar-refractivity contribution is 6.21. The van der Waals surface area contributed by atoms with Crippen molar-refractivity contribution in [2.45, 2.75) is 5.50 Å². The van der Waals surface area contributed by atoms with E-state index in [0.717, 1.165) is 0 Å². The van der Waals surface area contributed by atoms with Crippen LogP contribution in [0.25, 0.3) is 0 Å². The summed E-state index contributed by atoms with van der Waals surface area (Å²) in [7, 11) is 0. The summed E-state index contributed by atoms with van der Waals surface area (Å²) in [5.41, 5.74) is 2.23. The molecule has 0 bridgehead atoms. The largest absolute Gasteiger partial charge is 0.268 e. The van der Waals surface area contributed by atoms with Gasteiger partial charge in [-0.05, 0) is 6.08 Å². The monoisotopic (exact) mass is 117 g/mol. The van der Waals surface area contributed by atoms with Gasteiger partial charge in [0, 0.05) is 6.20 Å². The van der Waals surface area contributed by atoms with E-state index in [1.807, 2.05) is 0 Å². The molecule has 0 aromatic rings. The maximum absolute atomic E-state index is 5.43. The van der Waals surface area contributed by atoms with Gasteiger partial charge in [-0.1, -0.05) is 16.8 Å². The predicted molar refractivity (Wildman–Crippen MR) is 26.8 cm³/mol. The lowest BCUT2D eigenvalue weighted by molar-refractivity contribution is 0.772. The Morgan fingerprint density at radius 3 is 2.86 bits per heavy atom. The van der Waals surface area contributed by atoms with Crippen molar-refractivity contribution < 1.29 is 0 Å². The lowest BCUT2D eigenvalue weighted by Crippen LogP contribution is -2.01. The fourth-order valence-electron chi connectivity index (χ4n) is 0.283. The van der Waals surface area contributed by atoms with Crippen molar-refractivity contribution >= 4 is 11.6 Å². The van der Waals surface area contributed by atoms with Gasteiger partial charge in [0.1, 0.15) is 0 Å². The molecule has 1 atom stereocenters. The highest BCUT2D eigenvalue weighted by Crippen LogP contribution is 2.01. The van der Waals surface area contributed by atoms with E-state index in [1.54, 1.807) is 12.3 Å². The van der Waals surface area contributed by atoms with Gasteiger partial charge in [0.25, 0.3) is 0 Å².